The summed E-state index contributed by atoms with van der Waals surface area (Å²) in [5, 5.41) is 5.97. The summed E-state index contributed by atoms with van der Waals surface area (Å²) < 4.78 is 0. The maximum atomic E-state index is 12.4. The fourth-order valence-corrected chi connectivity index (χ4v) is 3.86. The molecule has 0 atom stereocenters. The Morgan fingerprint density at radius 1 is 1.28 bits per heavy atom. The zero-order valence-corrected chi connectivity index (χ0v) is 17.4. The van der Waals surface area contributed by atoms with Crippen molar-refractivity contribution in [1.29, 1.82) is 0 Å². The van der Waals surface area contributed by atoms with E-state index in [-0.39, 0.29) is 11.5 Å². The SMILES string of the molecule is CC(=O)NCc1cc(-c2nc(NCCC3CCCC3)c(=O)[nH]c2C)c(N)nc1C. The first kappa shape index (κ1) is 20.8. The van der Waals surface area contributed by atoms with E-state index >= 15 is 0 Å². The Kier molecular flexibility index (Phi) is 6.51. The van der Waals surface area contributed by atoms with Gasteiger partial charge in [-0.2, -0.15) is 0 Å². The molecule has 0 unspecified atom stereocenters. The van der Waals surface area contributed by atoms with Crippen LogP contribution in [0.1, 0.15) is 56.0 Å². The van der Waals surface area contributed by atoms with Crippen molar-refractivity contribution < 1.29 is 4.79 Å². The van der Waals surface area contributed by atoms with Gasteiger partial charge in [0, 0.05) is 37.0 Å². The minimum absolute atomic E-state index is 0.116. The van der Waals surface area contributed by atoms with E-state index in [0.29, 0.717) is 35.1 Å². The fourth-order valence-electron chi connectivity index (χ4n) is 3.86. The minimum atomic E-state index is -0.241. The lowest BCUT2D eigenvalue weighted by molar-refractivity contribution is -0.119. The molecule has 2 aromatic rings. The molecule has 0 aliphatic heterocycles. The van der Waals surface area contributed by atoms with Gasteiger partial charge in [-0.15, -0.1) is 0 Å². The van der Waals surface area contributed by atoms with Crippen molar-refractivity contribution in [3.8, 4) is 11.3 Å². The van der Waals surface area contributed by atoms with Crippen LogP contribution in [0.2, 0.25) is 0 Å². The Balaban J connectivity index is 1.86. The molecule has 0 radical (unpaired) electrons. The normalized spacial score (nSPS) is 14.2. The van der Waals surface area contributed by atoms with Crippen molar-refractivity contribution in [1.82, 2.24) is 20.3 Å². The zero-order valence-electron chi connectivity index (χ0n) is 17.4. The Bertz CT molecular complexity index is 947. The van der Waals surface area contributed by atoms with Gasteiger partial charge in [0.25, 0.3) is 5.56 Å². The molecule has 8 nitrogen and oxygen atoms in total. The highest BCUT2D eigenvalue weighted by Crippen LogP contribution is 2.28. The third kappa shape index (κ3) is 5.13. The fraction of sp³-hybridized carbons (Fsp3) is 0.524. The van der Waals surface area contributed by atoms with Gasteiger partial charge in [0.1, 0.15) is 5.82 Å². The number of amides is 1. The molecule has 2 heterocycles. The van der Waals surface area contributed by atoms with E-state index in [9.17, 15) is 9.59 Å². The number of carbonyl (C=O) groups is 1. The van der Waals surface area contributed by atoms with Crippen LogP contribution >= 0.6 is 0 Å². The second-order valence-electron chi connectivity index (χ2n) is 7.83. The van der Waals surface area contributed by atoms with Gasteiger partial charge in [0.2, 0.25) is 5.91 Å². The average Bonchev–Trinajstić information content (AvgIpc) is 3.16. The van der Waals surface area contributed by atoms with Crippen LogP contribution in [0.25, 0.3) is 11.3 Å². The first-order valence-electron chi connectivity index (χ1n) is 10.2. The predicted molar refractivity (Wildman–Crippen MR) is 115 cm³/mol. The monoisotopic (exact) mass is 398 g/mol. The van der Waals surface area contributed by atoms with E-state index in [4.69, 9.17) is 5.73 Å². The smallest absolute Gasteiger partial charge is 0.290 e. The first-order chi connectivity index (χ1) is 13.8. The molecule has 0 aromatic carbocycles. The van der Waals surface area contributed by atoms with Gasteiger partial charge in [-0.3, -0.25) is 9.59 Å². The summed E-state index contributed by atoms with van der Waals surface area (Å²) in [6.07, 6.45) is 6.19. The number of rotatable bonds is 7. The maximum absolute atomic E-state index is 12.4. The molecule has 3 rings (SSSR count). The van der Waals surface area contributed by atoms with Crippen molar-refractivity contribution in [3.05, 3.63) is 33.4 Å². The van der Waals surface area contributed by atoms with Crippen LogP contribution in [0.3, 0.4) is 0 Å². The summed E-state index contributed by atoms with van der Waals surface area (Å²) in [6.45, 7) is 6.19. The highest BCUT2D eigenvalue weighted by molar-refractivity contribution is 5.75. The van der Waals surface area contributed by atoms with Gasteiger partial charge in [-0.1, -0.05) is 25.7 Å². The van der Waals surface area contributed by atoms with Crippen LogP contribution in [-0.4, -0.2) is 27.4 Å². The second kappa shape index (κ2) is 9.07. The van der Waals surface area contributed by atoms with Crippen LogP contribution in [0.4, 0.5) is 11.6 Å². The number of anilines is 2. The van der Waals surface area contributed by atoms with Crippen LogP contribution in [-0.2, 0) is 11.3 Å². The van der Waals surface area contributed by atoms with Crippen molar-refractivity contribution in [2.45, 2.75) is 59.4 Å². The molecule has 1 saturated carbocycles. The number of pyridine rings is 1. The molecule has 1 aliphatic carbocycles. The van der Waals surface area contributed by atoms with E-state index in [1.807, 2.05) is 13.0 Å². The summed E-state index contributed by atoms with van der Waals surface area (Å²) in [4.78, 5) is 35.5. The Morgan fingerprint density at radius 2 is 2.00 bits per heavy atom. The van der Waals surface area contributed by atoms with Gasteiger partial charge in [-0.05, 0) is 37.8 Å². The molecule has 1 fully saturated rings. The predicted octanol–water partition coefficient (Wildman–Crippen LogP) is 2.66. The molecule has 156 valence electrons. The number of nitrogen functional groups attached to an aromatic ring is 1. The van der Waals surface area contributed by atoms with Gasteiger partial charge < -0.3 is 21.4 Å². The zero-order chi connectivity index (χ0) is 21.0. The maximum Gasteiger partial charge on any atom is 0.290 e. The summed E-state index contributed by atoms with van der Waals surface area (Å²) in [5.74, 6) is 1.26. The highest BCUT2D eigenvalue weighted by Gasteiger charge is 2.17. The summed E-state index contributed by atoms with van der Waals surface area (Å²) in [6, 6.07) is 1.88. The molecular weight excluding hydrogens is 368 g/mol. The molecule has 1 aliphatic rings. The van der Waals surface area contributed by atoms with E-state index in [2.05, 4.69) is 25.6 Å². The van der Waals surface area contributed by atoms with Gasteiger partial charge in [0.05, 0.1) is 5.69 Å². The van der Waals surface area contributed by atoms with Gasteiger partial charge in [-0.25, -0.2) is 9.97 Å². The largest absolute Gasteiger partial charge is 0.383 e. The second-order valence-corrected chi connectivity index (χ2v) is 7.83. The molecule has 1 amide bonds. The summed E-state index contributed by atoms with van der Waals surface area (Å²) >= 11 is 0. The number of hydrogen-bond donors (Lipinski definition) is 4. The van der Waals surface area contributed by atoms with E-state index in [1.54, 1.807) is 6.92 Å². The summed E-state index contributed by atoms with van der Waals surface area (Å²) in [5.41, 5.74) is 9.38. The van der Waals surface area contributed by atoms with Crippen molar-refractivity contribution in [3.63, 3.8) is 0 Å². The lowest BCUT2D eigenvalue weighted by atomic mass is 10.0. The number of carbonyl (C=O) groups excluding carboxylic acids is 1. The molecule has 5 N–H and O–H groups in total. The molecule has 29 heavy (non-hydrogen) atoms. The number of hydrogen-bond acceptors (Lipinski definition) is 6. The molecular formula is C21H30N6O2. The molecule has 8 heteroatoms. The molecule has 0 bridgehead atoms. The molecule has 0 saturated heterocycles. The van der Waals surface area contributed by atoms with Crippen LogP contribution < -0.4 is 21.9 Å². The lowest BCUT2D eigenvalue weighted by Crippen LogP contribution is -2.21. The number of nitrogens with zero attached hydrogens (tertiary/aromatic N) is 2. The molecule has 2 aromatic heterocycles. The number of aryl methyl sites for hydroxylation is 2. The Labute approximate surface area is 170 Å². The topological polar surface area (TPSA) is 126 Å². The van der Waals surface area contributed by atoms with E-state index in [0.717, 1.165) is 30.1 Å². The van der Waals surface area contributed by atoms with E-state index in [1.165, 1.54) is 32.6 Å². The lowest BCUT2D eigenvalue weighted by Gasteiger charge is -2.14. The third-order valence-electron chi connectivity index (χ3n) is 5.54. The number of aromatic amines is 1. The molecule has 0 spiro atoms. The summed E-state index contributed by atoms with van der Waals surface area (Å²) in [7, 11) is 0. The van der Waals surface area contributed by atoms with Crippen molar-refractivity contribution >= 4 is 17.5 Å². The Hall–Kier alpha value is -2.90. The standard InChI is InChI=1S/C21H30N6O2/c1-12-16(11-24-14(3)28)10-17(19(22)25-12)18-13(2)26-21(29)20(27-18)23-9-8-15-6-4-5-7-15/h10,15H,4-9,11H2,1-3H3,(H2,22,25)(H,23,27)(H,24,28)(H,26,29). The number of nitrogens with one attached hydrogen (secondary N) is 3. The minimum Gasteiger partial charge on any atom is -0.383 e. The van der Waals surface area contributed by atoms with Crippen LogP contribution in [0, 0.1) is 19.8 Å². The van der Waals surface area contributed by atoms with Gasteiger partial charge >= 0.3 is 0 Å². The highest BCUT2D eigenvalue weighted by atomic mass is 16.1. The number of H-pyrrole nitrogens is 1. The Morgan fingerprint density at radius 3 is 2.69 bits per heavy atom. The van der Waals surface area contributed by atoms with Crippen LogP contribution in [0.15, 0.2) is 10.9 Å². The number of aromatic nitrogens is 3. The van der Waals surface area contributed by atoms with Crippen molar-refractivity contribution in [2.24, 2.45) is 5.92 Å². The average molecular weight is 399 g/mol. The number of nitrogens with two attached hydrogens (primary N) is 1. The van der Waals surface area contributed by atoms with E-state index < -0.39 is 0 Å². The van der Waals surface area contributed by atoms with Crippen molar-refractivity contribution in [2.75, 3.05) is 17.6 Å². The first-order valence-corrected chi connectivity index (χ1v) is 10.2. The third-order valence-corrected chi connectivity index (χ3v) is 5.54. The quantitative estimate of drug-likeness (QED) is 0.568. The van der Waals surface area contributed by atoms with Crippen LogP contribution in [0.5, 0.6) is 0 Å². The van der Waals surface area contributed by atoms with Gasteiger partial charge in [0.15, 0.2) is 5.82 Å².